The molecular formula is C17H28N2O. The van der Waals surface area contributed by atoms with Crippen molar-refractivity contribution < 1.29 is 4.74 Å². The molecule has 1 saturated carbocycles. The van der Waals surface area contributed by atoms with Crippen LogP contribution in [0.25, 0.3) is 0 Å². The Balaban J connectivity index is 1.67. The minimum atomic E-state index is 0.814. The van der Waals surface area contributed by atoms with Crippen LogP contribution >= 0.6 is 0 Å². The molecular weight excluding hydrogens is 248 g/mol. The molecule has 0 spiro atoms. The molecule has 1 N–H and O–H groups in total. The van der Waals surface area contributed by atoms with Crippen LogP contribution in [0.4, 0.5) is 5.69 Å². The fourth-order valence-corrected chi connectivity index (χ4v) is 2.37. The number of ether oxygens (including phenoxy) is 1. The van der Waals surface area contributed by atoms with E-state index in [9.17, 15) is 0 Å². The SMILES string of the molecule is CCN(CC)c1cccc(OCCCCNC2CC2)c1. The molecule has 3 nitrogen and oxygen atoms in total. The van der Waals surface area contributed by atoms with Gasteiger partial charge in [0.1, 0.15) is 5.75 Å². The van der Waals surface area contributed by atoms with Crippen LogP contribution in [0.5, 0.6) is 5.75 Å². The van der Waals surface area contributed by atoms with Gasteiger partial charge in [0.25, 0.3) is 0 Å². The van der Waals surface area contributed by atoms with E-state index in [0.29, 0.717) is 0 Å². The summed E-state index contributed by atoms with van der Waals surface area (Å²) >= 11 is 0. The van der Waals surface area contributed by atoms with Crippen LogP contribution in [-0.4, -0.2) is 32.3 Å². The van der Waals surface area contributed by atoms with E-state index in [1.807, 2.05) is 0 Å². The molecule has 0 unspecified atom stereocenters. The van der Waals surface area contributed by atoms with Gasteiger partial charge in [0.15, 0.2) is 0 Å². The van der Waals surface area contributed by atoms with E-state index in [1.165, 1.54) is 24.9 Å². The van der Waals surface area contributed by atoms with Crippen LogP contribution < -0.4 is 15.0 Å². The summed E-state index contributed by atoms with van der Waals surface area (Å²) < 4.78 is 5.85. The molecule has 1 aliphatic rings. The van der Waals surface area contributed by atoms with Gasteiger partial charge in [-0.1, -0.05) is 6.07 Å². The Bertz CT molecular complexity index is 386. The molecule has 20 heavy (non-hydrogen) atoms. The molecule has 0 heterocycles. The lowest BCUT2D eigenvalue weighted by Gasteiger charge is -2.21. The van der Waals surface area contributed by atoms with Crippen molar-refractivity contribution in [1.82, 2.24) is 5.32 Å². The standard InChI is InChI=1S/C17H28N2O/c1-3-19(4-2)16-8-7-9-17(14-16)20-13-6-5-12-18-15-10-11-15/h7-9,14-15,18H,3-6,10-13H2,1-2H3. The number of unbranched alkanes of at least 4 members (excludes halogenated alkanes) is 1. The predicted molar refractivity (Wildman–Crippen MR) is 85.8 cm³/mol. The summed E-state index contributed by atoms with van der Waals surface area (Å²) in [5.74, 6) is 0.990. The van der Waals surface area contributed by atoms with E-state index in [0.717, 1.165) is 44.5 Å². The molecule has 2 rings (SSSR count). The van der Waals surface area contributed by atoms with Crippen LogP contribution in [0.3, 0.4) is 0 Å². The third-order valence-electron chi connectivity index (χ3n) is 3.80. The molecule has 0 aromatic heterocycles. The molecule has 0 radical (unpaired) electrons. The lowest BCUT2D eigenvalue weighted by Crippen LogP contribution is -2.21. The van der Waals surface area contributed by atoms with Crippen molar-refractivity contribution in [3.8, 4) is 5.75 Å². The van der Waals surface area contributed by atoms with Gasteiger partial charge >= 0.3 is 0 Å². The van der Waals surface area contributed by atoms with Crippen molar-refractivity contribution in [3.05, 3.63) is 24.3 Å². The Morgan fingerprint density at radius 3 is 2.70 bits per heavy atom. The van der Waals surface area contributed by atoms with Crippen LogP contribution in [0.15, 0.2) is 24.3 Å². The van der Waals surface area contributed by atoms with E-state index in [-0.39, 0.29) is 0 Å². The molecule has 0 atom stereocenters. The first-order valence-electron chi connectivity index (χ1n) is 8.04. The van der Waals surface area contributed by atoms with Crippen molar-refractivity contribution in [1.29, 1.82) is 0 Å². The largest absolute Gasteiger partial charge is 0.494 e. The minimum Gasteiger partial charge on any atom is -0.494 e. The van der Waals surface area contributed by atoms with E-state index in [1.54, 1.807) is 0 Å². The second kappa shape index (κ2) is 8.15. The molecule has 0 bridgehead atoms. The third kappa shape index (κ3) is 5.04. The zero-order chi connectivity index (χ0) is 14.2. The molecule has 1 fully saturated rings. The average molecular weight is 276 g/mol. The molecule has 3 heteroatoms. The van der Waals surface area contributed by atoms with Gasteiger partial charge in [-0.15, -0.1) is 0 Å². The maximum Gasteiger partial charge on any atom is 0.121 e. The average Bonchev–Trinajstić information content (AvgIpc) is 3.29. The van der Waals surface area contributed by atoms with Crippen molar-refractivity contribution in [3.63, 3.8) is 0 Å². The Morgan fingerprint density at radius 1 is 1.20 bits per heavy atom. The van der Waals surface area contributed by atoms with Gasteiger partial charge in [-0.2, -0.15) is 0 Å². The quantitative estimate of drug-likeness (QED) is 0.663. The second-order valence-electron chi connectivity index (χ2n) is 5.45. The zero-order valence-corrected chi connectivity index (χ0v) is 12.9. The summed E-state index contributed by atoms with van der Waals surface area (Å²) in [6, 6.07) is 9.25. The molecule has 1 aromatic rings. The minimum absolute atomic E-state index is 0.814. The third-order valence-corrected chi connectivity index (χ3v) is 3.80. The number of anilines is 1. The monoisotopic (exact) mass is 276 g/mol. The van der Waals surface area contributed by atoms with Crippen LogP contribution in [0.1, 0.15) is 39.5 Å². The van der Waals surface area contributed by atoms with Crippen molar-refractivity contribution in [2.75, 3.05) is 31.1 Å². The van der Waals surface area contributed by atoms with Gasteiger partial charge in [0, 0.05) is 30.9 Å². The van der Waals surface area contributed by atoms with E-state index in [2.05, 4.69) is 48.3 Å². The lowest BCUT2D eigenvalue weighted by molar-refractivity contribution is 0.306. The number of rotatable bonds is 10. The van der Waals surface area contributed by atoms with Crippen LogP contribution in [-0.2, 0) is 0 Å². The molecule has 0 aliphatic heterocycles. The summed E-state index contributed by atoms with van der Waals surface area (Å²) in [4.78, 5) is 2.34. The summed E-state index contributed by atoms with van der Waals surface area (Å²) in [7, 11) is 0. The van der Waals surface area contributed by atoms with E-state index in [4.69, 9.17) is 4.74 Å². The van der Waals surface area contributed by atoms with Gasteiger partial charge < -0.3 is 15.0 Å². The highest BCUT2D eigenvalue weighted by molar-refractivity contribution is 5.50. The van der Waals surface area contributed by atoms with E-state index >= 15 is 0 Å². The number of benzene rings is 1. The fraction of sp³-hybridized carbons (Fsp3) is 0.647. The normalized spacial score (nSPS) is 14.3. The second-order valence-corrected chi connectivity index (χ2v) is 5.45. The van der Waals surface area contributed by atoms with Crippen LogP contribution in [0.2, 0.25) is 0 Å². The first kappa shape index (κ1) is 15.2. The maximum absolute atomic E-state index is 5.85. The number of hydrogen-bond acceptors (Lipinski definition) is 3. The predicted octanol–water partition coefficient (Wildman–Crippen LogP) is 3.44. The Labute approximate surface area is 123 Å². The summed E-state index contributed by atoms with van der Waals surface area (Å²) in [5, 5.41) is 3.53. The number of hydrogen-bond donors (Lipinski definition) is 1. The number of nitrogens with one attached hydrogen (secondary N) is 1. The first-order chi connectivity index (χ1) is 9.83. The summed E-state index contributed by atoms with van der Waals surface area (Å²) in [5.41, 5.74) is 1.25. The zero-order valence-electron chi connectivity index (χ0n) is 12.9. The molecule has 0 amide bonds. The van der Waals surface area contributed by atoms with Crippen molar-refractivity contribution >= 4 is 5.69 Å². The maximum atomic E-state index is 5.85. The summed E-state index contributed by atoms with van der Waals surface area (Å²) in [6.45, 7) is 8.38. The highest BCUT2D eigenvalue weighted by Crippen LogP contribution is 2.21. The smallest absolute Gasteiger partial charge is 0.121 e. The van der Waals surface area contributed by atoms with Crippen LogP contribution in [0, 0.1) is 0 Å². The Kier molecular flexibility index (Phi) is 6.19. The van der Waals surface area contributed by atoms with E-state index < -0.39 is 0 Å². The first-order valence-corrected chi connectivity index (χ1v) is 8.04. The van der Waals surface area contributed by atoms with Crippen molar-refractivity contribution in [2.45, 2.75) is 45.6 Å². The Morgan fingerprint density at radius 2 is 2.00 bits per heavy atom. The van der Waals surface area contributed by atoms with Gasteiger partial charge in [0.2, 0.25) is 0 Å². The molecule has 0 saturated heterocycles. The van der Waals surface area contributed by atoms with Gasteiger partial charge in [0.05, 0.1) is 6.61 Å². The van der Waals surface area contributed by atoms with Gasteiger partial charge in [-0.3, -0.25) is 0 Å². The summed E-state index contributed by atoms with van der Waals surface area (Å²) in [6.07, 6.45) is 5.06. The highest BCUT2D eigenvalue weighted by Gasteiger charge is 2.19. The van der Waals surface area contributed by atoms with Crippen molar-refractivity contribution in [2.24, 2.45) is 0 Å². The fourth-order valence-electron chi connectivity index (χ4n) is 2.37. The Hall–Kier alpha value is -1.22. The highest BCUT2D eigenvalue weighted by atomic mass is 16.5. The molecule has 1 aromatic carbocycles. The molecule has 112 valence electrons. The topological polar surface area (TPSA) is 24.5 Å². The van der Waals surface area contributed by atoms with Gasteiger partial charge in [-0.05, 0) is 58.2 Å². The molecule has 1 aliphatic carbocycles. The number of nitrogens with zero attached hydrogens (tertiary/aromatic N) is 1. The lowest BCUT2D eigenvalue weighted by atomic mass is 10.2. The van der Waals surface area contributed by atoms with Gasteiger partial charge in [-0.25, -0.2) is 0 Å².